The molecule has 4 nitrogen and oxygen atoms in total. The molecule has 0 fully saturated rings. The summed E-state index contributed by atoms with van der Waals surface area (Å²) in [6.45, 7) is 2.58. The van der Waals surface area contributed by atoms with Gasteiger partial charge in [-0.2, -0.15) is 0 Å². The van der Waals surface area contributed by atoms with Crippen molar-refractivity contribution in [3.8, 4) is 0 Å². The molecular formula is C19H18ClNO3. The monoisotopic (exact) mass is 343 g/mol. The minimum atomic E-state index is -1.04. The third-order valence-corrected chi connectivity index (χ3v) is 4.23. The number of aromatic carboxylic acids is 1. The molecule has 0 radical (unpaired) electrons. The van der Waals surface area contributed by atoms with E-state index in [4.69, 9.17) is 21.1 Å². The van der Waals surface area contributed by atoms with E-state index in [1.807, 2.05) is 30.3 Å². The predicted molar refractivity (Wildman–Crippen MR) is 96.2 cm³/mol. The number of carboxylic acid groups (broad SMARTS) is 1. The van der Waals surface area contributed by atoms with Crippen molar-refractivity contribution in [2.45, 2.75) is 19.8 Å². The van der Waals surface area contributed by atoms with Crippen molar-refractivity contribution in [3.05, 3.63) is 64.4 Å². The first-order chi connectivity index (χ1) is 11.5. The van der Waals surface area contributed by atoms with Gasteiger partial charge in [-0.3, -0.25) is 0 Å². The summed E-state index contributed by atoms with van der Waals surface area (Å²) in [7, 11) is 0. The van der Waals surface area contributed by atoms with Crippen molar-refractivity contribution in [3.63, 3.8) is 0 Å². The van der Waals surface area contributed by atoms with Crippen molar-refractivity contribution >= 4 is 34.2 Å². The number of carboxylic acids is 1. The minimum Gasteiger partial charge on any atom is -0.475 e. The van der Waals surface area contributed by atoms with E-state index >= 15 is 0 Å². The summed E-state index contributed by atoms with van der Waals surface area (Å²) in [5.74, 6) is -1.04. The Kier molecular flexibility index (Phi) is 4.76. The quantitative estimate of drug-likeness (QED) is 0.608. The zero-order valence-electron chi connectivity index (χ0n) is 13.3. The van der Waals surface area contributed by atoms with Crippen LogP contribution in [-0.4, -0.2) is 17.6 Å². The van der Waals surface area contributed by atoms with E-state index in [2.05, 4.69) is 11.4 Å². The molecule has 3 rings (SSSR count). The number of carbonyl (C=O) groups is 1. The number of furan rings is 1. The largest absolute Gasteiger partial charge is 0.475 e. The van der Waals surface area contributed by atoms with E-state index < -0.39 is 5.97 Å². The highest BCUT2D eigenvalue weighted by atomic mass is 35.5. The molecule has 0 unspecified atom stereocenters. The van der Waals surface area contributed by atoms with Gasteiger partial charge in [0.1, 0.15) is 5.58 Å². The van der Waals surface area contributed by atoms with Crippen LogP contribution in [0.3, 0.4) is 0 Å². The molecule has 0 amide bonds. The first-order valence-corrected chi connectivity index (χ1v) is 8.17. The molecule has 24 heavy (non-hydrogen) atoms. The van der Waals surface area contributed by atoms with E-state index in [-0.39, 0.29) is 5.76 Å². The maximum atomic E-state index is 11.1. The Balaban J connectivity index is 1.63. The fourth-order valence-corrected chi connectivity index (χ4v) is 2.97. The van der Waals surface area contributed by atoms with Crippen LogP contribution < -0.4 is 5.32 Å². The van der Waals surface area contributed by atoms with Gasteiger partial charge < -0.3 is 14.8 Å². The molecule has 124 valence electrons. The lowest BCUT2D eigenvalue weighted by atomic mass is 10.1. The molecule has 0 saturated heterocycles. The van der Waals surface area contributed by atoms with E-state index in [9.17, 15) is 4.79 Å². The van der Waals surface area contributed by atoms with Crippen molar-refractivity contribution in [2.24, 2.45) is 0 Å². The number of rotatable bonds is 6. The highest BCUT2D eigenvalue weighted by Gasteiger charge is 2.16. The normalized spacial score (nSPS) is 10.9. The number of nitrogens with one attached hydrogen (secondary N) is 1. The topological polar surface area (TPSA) is 62.5 Å². The molecular weight excluding hydrogens is 326 g/mol. The van der Waals surface area contributed by atoms with Crippen LogP contribution in [0.15, 0.2) is 46.9 Å². The van der Waals surface area contributed by atoms with Gasteiger partial charge in [0.25, 0.3) is 0 Å². The van der Waals surface area contributed by atoms with E-state index in [0.29, 0.717) is 11.1 Å². The molecule has 1 heterocycles. The highest BCUT2D eigenvalue weighted by Crippen LogP contribution is 2.28. The fraction of sp³-hybridized carbons (Fsp3) is 0.211. The van der Waals surface area contributed by atoms with Gasteiger partial charge in [-0.15, -0.1) is 0 Å². The summed E-state index contributed by atoms with van der Waals surface area (Å²) >= 11 is 5.98. The van der Waals surface area contributed by atoms with Gasteiger partial charge in [0.05, 0.1) is 0 Å². The molecule has 3 aromatic rings. The van der Waals surface area contributed by atoms with Crippen molar-refractivity contribution < 1.29 is 14.3 Å². The van der Waals surface area contributed by atoms with Crippen LogP contribution in [0, 0.1) is 6.92 Å². The second-order valence-corrected chi connectivity index (χ2v) is 6.17. The second kappa shape index (κ2) is 6.97. The number of aryl methyl sites for hydroxylation is 2. The molecule has 0 aliphatic carbocycles. The zero-order chi connectivity index (χ0) is 17.1. The Morgan fingerprint density at radius 2 is 2.08 bits per heavy atom. The van der Waals surface area contributed by atoms with Gasteiger partial charge in [0.15, 0.2) is 0 Å². The fourth-order valence-electron chi connectivity index (χ4n) is 2.75. The maximum absolute atomic E-state index is 11.1. The standard InChI is InChI=1S/C19H18ClNO3/c1-12-16-11-15(7-8-17(16)24-18(12)19(22)23)21-9-3-5-13-4-2-6-14(20)10-13/h2,4,6-8,10-11,21H,3,5,9H2,1H3,(H,22,23). The lowest BCUT2D eigenvalue weighted by Gasteiger charge is -2.07. The summed E-state index contributed by atoms with van der Waals surface area (Å²) in [5.41, 5.74) is 3.42. The van der Waals surface area contributed by atoms with Gasteiger partial charge in [-0.25, -0.2) is 4.79 Å². The molecule has 2 aromatic carbocycles. The molecule has 2 N–H and O–H groups in total. The maximum Gasteiger partial charge on any atom is 0.372 e. The average Bonchev–Trinajstić information content (AvgIpc) is 2.89. The summed E-state index contributed by atoms with van der Waals surface area (Å²) in [4.78, 5) is 11.1. The average molecular weight is 344 g/mol. The Morgan fingerprint density at radius 3 is 2.83 bits per heavy atom. The zero-order valence-corrected chi connectivity index (χ0v) is 14.1. The number of hydrogen-bond acceptors (Lipinski definition) is 3. The highest BCUT2D eigenvalue weighted by molar-refractivity contribution is 6.30. The van der Waals surface area contributed by atoms with E-state index in [0.717, 1.165) is 35.5 Å². The van der Waals surface area contributed by atoms with Crippen LogP contribution in [0.25, 0.3) is 11.0 Å². The number of hydrogen-bond donors (Lipinski definition) is 2. The SMILES string of the molecule is Cc1c(C(=O)O)oc2ccc(NCCCc3cccc(Cl)c3)cc12. The van der Waals surface area contributed by atoms with E-state index in [1.165, 1.54) is 5.56 Å². The van der Waals surface area contributed by atoms with Crippen LogP contribution in [0.4, 0.5) is 5.69 Å². The molecule has 1 aromatic heterocycles. The summed E-state index contributed by atoms with van der Waals surface area (Å²) < 4.78 is 5.37. The Hall–Kier alpha value is -2.46. The van der Waals surface area contributed by atoms with Crippen LogP contribution >= 0.6 is 11.6 Å². The van der Waals surface area contributed by atoms with Crippen LogP contribution in [-0.2, 0) is 6.42 Å². The minimum absolute atomic E-state index is 0.00288. The van der Waals surface area contributed by atoms with E-state index in [1.54, 1.807) is 13.0 Å². The van der Waals surface area contributed by atoms with Crippen LogP contribution in [0.5, 0.6) is 0 Å². The first kappa shape index (κ1) is 16.4. The van der Waals surface area contributed by atoms with Gasteiger partial charge in [0.2, 0.25) is 5.76 Å². The number of fused-ring (bicyclic) bond motifs is 1. The Bertz CT molecular complexity index is 885. The molecule has 0 spiro atoms. The molecule has 0 bridgehead atoms. The number of anilines is 1. The van der Waals surface area contributed by atoms with Gasteiger partial charge in [-0.1, -0.05) is 23.7 Å². The van der Waals surface area contributed by atoms with Crippen molar-refractivity contribution in [1.82, 2.24) is 0 Å². The smallest absolute Gasteiger partial charge is 0.372 e. The summed E-state index contributed by atoms with van der Waals surface area (Å²) in [6, 6.07) is 13.5. The lowest BCUT2D eigenvalue weighted by molar-refractivity contribution is 0.0664. The van der Waals surface area contributed by atoms with Gasteiger partial charge >= 0.3 is 5.97 Å². The van der Waals surface area contributed by atoms with Crippen molar-refractivity contribution in [1.29, 1.82) is 0 Å². The third-order valence-electron chi connectivity index (χ3n) is 3.99. The Morgan fingerprint density at radius 1 is 1.25 bits per heavy atom. The van der Waals surface area contributed by atoms with Gasteiger partial charge in [-0.05, 0) is 55.7 Å². The molecule has 0 saturated carbocycles. The number of halogens is 1. The predicted octanol–water partition coefficient (Wildman–Crippen LogP) is 5.14. The second-order valence-electron chi connectivity index (χ2n) is 5.73. The molecule has 5 heteroatoms. The first-order valence-electron chi connectivity index (χ1n) is 7.79. The lowest BCUT2D eigenvalue weighted by Crippen LogP contribution is -2.02. The molecule has 0 atom stereocenters. The molecule has 0 aliphatic rings. The third kappa shape index (κ3) is 3.54. The number of benzene rings is 2. The van der Waals surface area contributed by atoms with Gasteiger partial charge in [0, 0.05) is 28.2 Å². The van der Waals surface area contributed by atoms with Crippen molar-refractivity contribution in [2.75, 3.05) is 11.9 Å². The summed E-state index contributed by atoms with van der Waals surface area (Å²) in [5, 5.41) is 14.1. The van der Waals surface area contributed by atoms with Crippen LogP contribution in [0.2, 0.25) is 5.02 Å². The summed E-state index contributed by atoms with van der Waals surface area (Å²) in [6.07, 6.45) is 1.92. The Labute approximate surface area is 145 Å². The molecule has 0 aliphatic heterocycles. The van der Waals surface area contributed by atoms with Crippen LogP contribution in [0.1, 0.15) is 28.1 Å².